The maximum absolute atomic E-state index is 2.40. The van der Waals surface area contributed by atoms with E-state index < -0.39 is 8.07 Å². The maximum Gasteiger partial charge on any atom is 0.0480 e. The molecular formula is C15H22Si. The Balaban J connectivity index is 2.28. The molecule has 0 saturated heterocycles. The molecule has 1 heteroatoms. The summed E-state index contributed by atoms with van der Waals surface area (Å²) in [5, 5.41) is 0. The van der Waals surface area contributed by atoms with Crippen LogP contribution in [0, 0.1) is 0 Å². The number of hydrogen-bond donors (Lipinski definition) is 0. The third kappa shape index (κ3) is 6.41. The Morgan fingerprint density at radius 3 is 2.25 bits per heavy atom. The van der Waals surface area contributed by atoms with Crippen LogP contribution in [-0.2, 0) is 0 Å². The van der Waals surface area contributed by atoms with Gasteiger partial charge in [-0.15, -0.1) is 0 Å². The Bertz CT molecular complexity index is 341. The van der Waals surface area contributed by atoms with Crippen molar-refractivity contribution in [1.82, 2.24) is 0 Å². The van der Waals surface area contributed by atoms with Crippen molar-refractivity contribution < 1.29 is 0 Å². The minimum absolute atomic E-state index is 0.892. The molecule has 0 N–H and O–H groups in total. The molecule has 0 spiro atoms. The van der Waals surface area contributed by atoms with Gasteiger partial charge in [0, 0.05) is 8.07 Å². The van der Waals surface area contributed by atoms with Gasteiger partial charge in [-0.25, -0.2) is 0 Å². The van der Waals surface area contributed by atoms with Crippen LogP contribution in [0.15, 0.2) is 48.6 Å². The number of hydrogen-bond acceptors (Lipinski definition) is 0. The summed E-state index contributed by atoms with van der Waals surface area (Å²) in [6, 6.07) is 11.7. The van der Waals surface area contributed by atoms with E-state index in [0.717, 1.165) is 6.42 Å². The summed E-state index contributed by atoms with van der Waals surface area (Å²) in [5.41, 5.74) is 1.28. The highest BCUT2D eigenvalue weighted by atomic mass is 28.3. The number of benzene rings is 1. The van der Waals surface area contributed by atoms with E-state index >= 15 is 0 Å². The van der Waals surface area contributed by atoms with Gasteiger partial charge >= 0.3 is 0 Å². The molecule has 0 radical (unpaired) electrons. The summed E-state index contributed by atoms with van der Waals surface area (Å²) in [4.78, 5) is 0. The molecule has 0 fully saturated rings. The van der Waals surface area contributed by atoms with E-state index in [1.54, 1.807) is 0 Å². The molecule has 86 valence electrons. The summed E-state index contributed by atoms with van der Waals surface area (Å²) in [5.74, 6) is 0. The summed E-state index contributed by atoms with van der Waals surface area (Å²) in [6.45, 7) is 7.20. The SMILES string of the molecule is C[Si](C)(C)C/C=C/C/C=C/c1ccccc1. The fourth-order valence-corrected chi connectivity index (χ4v) is 2.25. The Kier molecular flexibility index (Phi) is 5.27. The van der Waals surface area contributed by atoms with Crippen molar-refractivity contribution in [1.29, 1.82) is 0 Å². The Hall–Kier alpha value is -1.08. The number of rotatable bonds is 5. The largest absolute Gasteiger partial charge is 0.0909 e. The van der Waals surface area contributed by atoms with Crippen LogP contribution < -0.4 is 0 Å². The highest BCUT2D eigenvalue weighted by molar-refractivity contribution is 6.76. The van der Waals surface area contributed by atoms with Crippen LogP contribution in [0.25, 0.3) is 6.08 Å². The second-order valence-electron chi connectivity index (χ2n) is 5.28. The first-order chi connectivity index (χ1) is 7.58. The molecule has 0 aliphatic heterocycles. The van der Waals surface area contributed by atoms with Crippen molar-refractivity contribution in [2.24, 2.45) is 0 Å². The molecule has 0 bridgehead atoms. The highest BCUT2D eigenvalue weighted by Crippen LogP contribution is 2.09. The van der Waals surface area contributed by atoms with Crippen LogP contribution in [0.1, 0.15) is 12.0 Å². The zero-order chi connectivity index (χ0) is 11.9. The van der Waals surface area contributed by atoms with Gasteiger partial charge in [-0.2, -0.15) is 0 Å². The molecule has 0 heterocycles. The van der Waals surface area contributed by atoms with E-state index in [-0.39, 0.29) is 0 Å². The van der Waals surface area contributed by atoms with Crippen LogP contribution >= 0.6 is 0 Å². The van der Waals surface area contributed by atoms with Crippen molar-refractivity contribution in [3.05, 3.63) is 54.1 Å². The fourth-order valence-electron chi connectivity index (χ4n) is 1.38. The van der Waals surface area contributed by atoms with Crippen LogP contribution in [0.3, 0.4) is 0 Å². The minimum atomic E-state index is -0.892. The zero-order valence-electron chi connectivity index (χ0n) is 10.6. The van der Waals surface area contributed by atoms with Crippen molar-refractivity contribution in [3.63, 3.8) is 0 Å². The average Bonchev–Trinajstić information content (AvgIpc) is 2.23. The smallest absolute Gasteiger partial charge is 0.0480 e. The summed E-state index contributed by atoms with van der Waals surface area (Å²) < 4.78 is 0. The van der Waals surface area contributed by atoms with Gasteiger partial charge in [0.2, 0.25) is 0 Å². The third-order valence-corrected chi connectivity index (χ3v) is 3.74. The predicted octanol–water partition coefficient (Wildman–Crippen LogP) is 4.98. The second-order valence-corrected chi connectivity index (χ2v) is 10.8. The molecule has 0 unspecified atom stereocenters. The molecule has 1 aromatic carbocycles. The maximum atomic E-state index is 2.40. The molecule has 0 aliphatic carbocycles. The van der Waals surface area contributed by atoms with E-state index in [4.69, 9.17) is 0 Å². The predicted molar refractivity (Wildman–Crippen MR) is 77.4 cm³/mol. The van der Waals surface area contributed by atoms with E-state index in [1.165, 1.54) is 11.6 Å². The van der Waals surface area contributed by atoms with E-state index in [0.29, 0.717) is 0 Å². The summed E-state index contributed by atoms with van der Waals surface area (Å²) in [6.07, 6.45) is 10.0. The lowest BCUT2D eigenvalue weighted by atomic mass is 10.2. The quantitative estimate of drug-likeness (QED) is 0.494. The number of allylic oxidation sites excluding steroid dienone is 3. The van der Waals surface area contributed by atoms with Gasteiger partial charge in [0.1, 0.15) is 0 Å². The van der Waals surface area contributed by atoms with Gasteiger partial charge in [0.15, 0.2) is 0 Å². The normalized spacial score (nSPS) is 12.7. The molecule has 0 aromatic heterocycles. The van der Waals surface area contributed by atoms with Crippen molar-refractivity contribution >= 4 is 14.1 Å². The summed E-state index contributed by atoms with van der Waals surface area (Å²) >= 11 is 0. The zero-order valence-corrected chi connectivity index (χ0v) is 11.6. The highest BCUT2D eigenvalue weighted by Gasteiger charge is 2.08. The minimum Gasteiger partial charge on any atom is -0.0909 e. The molecule has 0 aliphatic rings. The lowest BCUT2D eigenvalue weighted by molar-refractivity contribution is 1.37. The molecule has 1 aromatic rings. The van der Waals surface area contributed by atoms with Crippen molar-refractivity contribution in [3.8, 4) is 0 Å². The van der Waals surface area contributed by atoms with Crippen molar-refractivity contribution in [2.45, 2.75) is 32.1 Å². The topological polar surface area (TPSA) is 0 Å². The molecular weight excluding hydrogens is 208 g/mol. The van der Waals surface area contributed by atoms with Gasteiger partial charge in [0.25, 0.3) is 0 Å². The molecule has 0 saturated carbocycles. The molecule has 1 rings (SSSR count). The van der Waals surface area contributed by atoms with Gasteiger partial charge in [0.05, 0.1) is 0 Å². The van der Waals surface area contributed by atoms with Crippen LogP contribution in [0.4, 0.5) is 0 Å². The Morgan fingerprint density at radius 1 is 0.938 bits per heavy atom. The van der Waals surface area contributed by atoms with Gasteiger partial charge < -0.3 is 0 Å². The molecule has 0 nitrogen and oxygen atoms in total. The van der Waals surface area contributed by atoms with Crippen molar-refractivity contribution in [2.75, 3.05) is 0 Å². The first kappa shape index (κ1) is 13.0. The standard InChI is InChI=1S/C15H22Si/c1-16(2,3)14-10-5-4-7-11-15-12-8-6-9-13-15/h5-13H,4,14H2,1-3H3/b10-5+,11-7+. The monoisotopic (exact) mass is 230 g/mol. The van der Waals surface area contributed by atoms with E-state index in [9.17, 15) is 0 Å². The lowest BCUT2D eigenvalue weighted by Gasteiger charge is -2.11. The second kappa shape index (κ2) is 6.49. The first-order valence-corrected chi connectivity index (χ1v) is 9.65. The summed E-state index contributed by atoms with van der Waals surface area (Å²) in [7, 11) is -0.892. The average molecular weight is 230 g/mol. The third-order valence-electron chi connectivity index (χ3n) is 2.28. The van der Waals surface area contributed by atoms with Gasteiger partial charge in [-0.3, -0.25) is 0 Å². The Labute approximate surface area is 101 Å². The van der Waals surface area contributed by atoms with Crippen LogP contribution in [0.2, 0.25) is 25.7 Å². The molecule has 16 heavy (non-hydrogen) atoms. The van der Waals surface area contributed by atoms with Gasteiger partial charge in [-0.1, -0.05) is 74.3 Å². The molecule has 0 atom stereocenters. The van der Waals surface area contributed by atoms with E-state index in [2.05, 4.69) is 68.2 Å². The van der Waals surface area contributed by atoms with Gasteiger partial charge in [-0.05, 0) is 18.0 Å². The Morgan fingerprint density at radius 2 is 1.62 bits per heavy atom. The lowest BCUT2D eigenvalue weighted by Crippen LogP contribution is -2.17. The van der Waals surface area contributed by atoms with Crippen LogP contribution in [0.5, 0.6) is 0 Å². The van der Waals surface area contributed by atoms with E-state index in [1.807, 2.05) is 6.07 Å². The fraction of sp³-hybridized carbons (Fsp3) is 0.333. The molecule has 0 amide bonds. The first-order valence-electron chi connectivity index (χ1n) is 5.94. The van der Waals surface area contributed by atoms with Crippen LogP contribution in [-0.4, -0.2) is 8.07 Å².